The third kappa shape index (κ3) is 1.69. The van der Waals surface area contributed by atoms with E-state index >= 15 is 0 Å². The van der Waals surface area contributed by atoms with E-state index in [1.165, 1.54) is 0 Å². The quantitative estimate of drug-likeness (QED) is 0.774. The van der Waals surface area contributed by atoms with E-state index in [1.54, 1.807) is 18.2 Å². The summed E-state index contributed by atoms with van der Waals surface area (Å²) in [6.45, 7) is 5.89. The fourth-order valence-corrected chi connectivity index (χ4v) is 1.95. The number of hydrogen-bond acceptors (Lipinski definition) is 2. The predicted octanol–water partition coefficient (Wildman–Crippen LogP) is 1.31. The van der Waals surface area contributed by atoms with Gasteiger partial charge < -0.3 is 14.8 Å². The summed E-state index contributed by atoms with van der Waals surface area (Å²) in [7, 11) is 1.86. The van der Waals surface area contributed by atoms with Crippen LogP contribution in [0.2, 0.25) is 0 Å². The Morgan fingerprint density at radius 2 is 1.82 bits per heavy atom. The van der Waals surface area contributed by atoms with Crippen molar-refractivity contribution in [1.82, 2.24) is 4.57 Å². The maximum absolute atomic E-state index is 9.84. The zero-order valence-electron chi connectivity index (χ0n) is 9.94. The van der Waals surface area contributed by atoms with Crippen LogP contribution in [0.4, 0.5) is 0 Å². The van der Waals surface area contributed by atoms with Crippen LogP contribution < -0.4 is 10.6 Å². The maximum Gasteiger partial charge on any atom is 0.128 e. The Bertz CT molecular complexity index is 648. The van der Waals surface area contributed by atoms with E-state index in [2.05, 4.69) is 6.58 Å². The monoisotopic (exact) mass is 229 g/mol. The van der Waals surface area contributed by atoms with Gasteiger partial charge >= 0.3 is 0 Å². The van der Waals surface area contributed by atoms with Crippen molar-refractivity contribution in [3.05, 3.63) is 34.8 Å². The highest BCUT2D eigenvalue weighted by Crippen LogP contribution is 2.35. The van der Waals surface area contributed by atoms with Crippen molar-refractivity contribution in [1.29, 1.82) is 0 Å². The van der Waals surface area contributed by atoms with Crippen molar-refractivity contribution in [2.45, 2.75) is 6.92 Å². The van der Waals surface area contributed by atoms with Gasteiger partial charge in [0, 0.05) is 12.4 Å². The Hall–Kier alpha value is -2.16. The predicted molar refractivity (Wildman–Crippen MR) is 69.1 cm³/mol. The third-order valence-corrected chi connectivity index (χ3v) is 2.98. The van der Waals surface area contributed by atoms with Gasteiger partial charge in [-0.1, -0.05) is 18.7 Å². The van der Waals surface area contributed by atoms with Crippen LogP contribution in [0.25, 0.3) is 23.9 Å². The Balaban J connectivity index is 2.83. The molecule has 1 aromatic carbocycles. The minimum Gasteiger partial charge on any atom is -0.507 e. The van der Waals surface area contributed by atoms with Gasteiger partial charge in [0.25, 0.3) is 0 Å². The van der Waals surface area contributed by atoms with Crippen LogP contribution in [-0.2, 0) is 7.05 Å². The van der Waals surface area contributed by atoms with Crippen molar-refractivity contribution < 1.29 is 10.2 Å². The van der Waals surface area contributed by atoms with Gasteiger partial charge in [-0.2, -0.15) is 0 Å². The standard InChI is InChI=1S/C14H15NO2/c1-4-10-8-11(15(3)9(10)2)14-12(16)6-5-7-13(14)17/h4-8,16-17H,2H2,1,3H3/b10-4-. The first-order valence-corrected chi connectivity index (χ1v) is 5.38. The van der Waals surface area contributed by atoms with Gasteiger partial charge in [-0.15, -0.1) is 0 Å². The molecule has 0 unspecified atom stereocenters. The SMILES string of the molecule is C=c1/c(=C\C)cc(-c2c(O)cccc2O)n1C. The molecule has 17 heavy (non-hydrogen) atoms. The van der Waals surface area contributed by atoms with Crippen molar-refractivity contribution in [3.8, 4) is 22.8 Å². The van der Waals surface area contributed by atoms with Crippen LogP contribution in [0.1, 0.15) is 6.92 Å². The van der Waals surface area contributed by atoms with E-state index in [1.807, 2.05) is 30.7 Å². The lowest BCUT2D eigenvalue weighted by atomic mass is 10.1. The van der Waals surface area contributed by atoms with Crippen molar-refractivity contribution in [2.24, 2.45) is 7.05 Å². The molecule has 3 nitrogen and oxygen atoms in total. The molecule has 2 aromatic rings. The summed E-state index contributed by atoms with van der Waals surface area (Å²) in [6, 6.07) is 6.62. The molecule has 0 atom stereocenters. The fourth-order valence-electron chi connectivity index (χ4n) is 1.95. The van der Waals surface area contributed by atoms with E-state index in [0.29, 0.717) is 5.56 Å². The van der Waals surface area contributed by atoms with Gasteiger partial charge in [-0.3, -0.25) is 0 Å². The van der Waals surface area contributed by atoms with Crippen molar-refractivity contribution in [2.75, 3.05) is 0 Å². The highest BCUT2D eigenvalue weighted by molar-refractivity contribution is 5.74. The minimum absolute atomic E-state index is 0.0632. The molecule has 0 saturated carbocycles. The smallest absolute Gasteiger partial charge is 0.128 e. The largest absolute Gasteiger partial charge is 0.507 e. The average Bonchev–Trinajstić information content (AvgIpc) is 2.57. The molecule has 0 aliphatic heterocycles. The molecule has 2 N–H and O–H groups in total. The molecule has 1 heterocycles. The average molecular weight is 229 g/mol. The van der Waals surface area contributed by atoms with Gasteiger partial charge in [0.05, 0.1) is 11.3 Å². The second-order valence-corrected chi connectivity index (χ2v) is 3.95. The lowest BCUT2D eigenvalue weighted by Gasteiger charge is -2.08. The molecule has 0 radical (unpaired) electrons. The normalized spacial score (nSPS) is 12.0. The van der Waals surface area contributed by atoms with Crippen LogP contribution in [0.15, 0.2) is 24.3 Å². The zero-order valence-corrected chi connectivity index (χ0v) is 9.94. The first kappa shape index (κ1) is 11.3. The maximum atomic E-state index is 9.84. The summed E-state index contributed by atoms with van der Waals surface area (Å²) in [5.41, 5.74) is 1.19. The van der Waals surface area contributed by atoms with Gasteiger partial charge in [0.15, 0.2) is 0 Å². The Morgan fingerprint density at radius 3 is 2.29 bits per heavy atom. The molecule has 0 spiro atoms. The number of phenols is 2. The summed E-state index contributed by atoms with van der Waals surface area (Å²) in [5, 5.41) is 21.5. The molecule has 0 bridgehead atoms. The molecule has 88 valence electrons. The highest BCUT2D eigenvalue weighted by Gasteiger charge is 2.13. The van der Waals surface area contributed by atoms with Gasteiger partial charge in [0.1, 0.15) is 11.5 Å². The van der Waals surface area contributed by atoms with E-state index in [9.17, 15) is 10.2 Å². The third-order valence-electron chi connectivity index (χ3n) is 2.98. The molecule has 1 aromatic heterocycles. The Morgan fingerprint density at radius 1 is 1.24 bits per heavy atom. The molecule has 3 heteroatoms. The van der Waals surface area contributed by atoms with Crippen molar-refractivity contribution >= 4 is 12.7 Å². The van der Waals surface area contributed by atoms with E-state index in [-0.39, 0.29) is 11.5 Å². The molecule has 0 aliphatic carbocycles. The van der Waals surface area contributed by atoms with E-state index in [0.717, 1.165) is 16.3 Å². The summed E-state index contributed by atoms with van der Waals surface area (Å²) in [4.78, 5) is 0. The first-order valence-electron chi connectivity index (χ1n) is 5.38. The van der Waals surface area contributed by atoms with Crippen LogP contribution in [-0.4, -0.2) is 14.8 Å². The topological polar surface area (TPSA) is 45.4 Å². The highest BCUT2D eigenvalue weighted by atomic mass is 16.3. The molecular formula is C14H15NO2. The molecule has 0 fully saturated rings. The summed E-state index contributed by atoms with van der Waals surface area (Å²) in [5.74, 6) is 0.126. The lowest BCUT2D eigenvalue weighted by Crippen LogP contribution is -2.25. The zero-order chi connectivity index (χ0) is 12.6. The van der Waals surface area contributed by atoms with Crippen molar-refractivity contribution in [3.63, 3.8) is 0 Å². The van der Waals surface area contributed by atoms with E-state index in [4.69, 9.17) is 0 Å². The first-order chi connectivity index (χ1) is 8.06. The van der Waals surface area contributed by atoms with Crippen LogP contribution in [0, 0.1) is 0 Å². The summed E-state index contributed by atoms with van der Waals surface area (Å²) < 4.78 is 1.85. The van der Waals surface area contributed by atoms with Crippen LogP contribution >= 0.6 is 0 Å². The molecule has 0 aliphatic rings. The van der Waals surface area contributed by atoms with Crippen LogP contribution in [0.3, 0.4) is 0 Å². The number of aromatic hydroxyl groups is 2. The van der Waals surface area contributed by atoms with Crippen LogP contribution in [0.5, 0.6) is 11.5 Å². The van der Waals surface area contributed by atoms with Gasteiger partial charge in [-0.25, -0.2) is 0 Å². The number of nitrogens with zero attached hydrogens (tertiary/aromatic N) is 1. The molecule has 2 rings (SSSR count). The second-order valence-electron chi connectivity index (χ2n) is 3.95. The second kappa shape index (κ2) is 4.01. The molecule has 0 amide bonds. The van der Waals surface area contributed by atoms with E-state index < -0.39 is 0 Å². The number of aromatic nitrogens is 1. The van der Waals surface area contributed by atoms with Gasteiger partial charge in [-0.05, 0) is 30.3 Å². The number of phenolic OH excluding ortho intramolecular Hbond substituents is 2. The molecule has 0 saturated heterocycles. The van der Waals surface area contributed by atoms with Gasteiger partial charge in [0.2, 0.25) is 0 Å². The fraction of sp³-hybridized carbons (Fsp3) is 0.143. The lowest BCUT2D eigenvalue weighted by molar-refractivity contribution is 0.453. The Kier molecular flexibility index (Phi) is 2.68. The number of rotatable bonds is 1. The summed E-state index contributed by atoms with van der Waals surface area (Å²) >= 11 is 0. The number of hydrogen-bond donors (Lipinski definition) is 2. The minimum atomic E-state index is 0.0632. The Labute approximate surface area is 99.6 Å². The summed E-state index contributed by atoms with van der Waals surface area (Å²) in [6.07, 6.45) is 1.95. The molecular weight excluding hydrogens is 214 g/mol. The number of benzene rings is 1.